The number of nitrogens with two attached hydrogens (primary N) is 1. The lowest BCUT2D eigenvalue weighted by atomic mass is 9.90. The van der Waals surface area contributed by atoms with E-state index < -0.39 is 0 Å². The molecule has 1 aliphatic rings. The van der Waals surface area contributed by atoms with E-state index >= 15 is 0 Å². The summed E-state index contributed by atoms with van der Waals surface area (Å²) in [5, 5.41) is 0. The van der Waals surface area contributed by atoms with Crippen LogP contribution < -0.4 is 5.73 Å². The van der Waals surface area contributed by atoms with Gasteiger partial charge in [-0.1, -0.05) is 60.7 Å². The van der Waals surface area contributed by atoms with Crippen LogP contribution in [0.2, 0.25) is 0 Å². The molecule has 2 aromatic carbocycles. The molecule has 1 unspecified atom stereocenters. The molecular weight excluding hydrogens is 328 g/mol. The van der Waals surface area contributed by atoms with Gasteiger partial charge in [0.05, 0.1) is 0 Å². The molecule has 2 nitrogen and oxygen atoms in total. The van der Waals surface area contributed by atoms with E-state index in [1.54, 1.807) is 0 Å². The molecule has 2 aromatic rings. The van der Waals surface area contributed by atoms with Crippen molar-refractivity contribution in [1.82, 2.24) is 4.90 Å². The van der Waals surface area contributed by atoms with Gasteiger partial charge in [-0.3, -0.25) is 0 Å². The Morgan fingerprint density at radius 1 is 0.815 bits per heavy atom. The summed E-state index contributed by atoms with van der Waals surface area (Å²) < 4.78 is 0. The van der Waals surface area contributed by atoms with E-state index in [4.69, 9.17) is 5.73 Å². The molecule has 27 heavy (non-hydrogen) atoms. The molecule has 0 radical (unpaired) electrons. The van der Waals surface area contributed by atoms with Gasteiger partial charge in [0.15, 0.2) is 0 Å². The van der Waals surface area contributed by atoms with Gasteiger partial charge in [0.1, 0.15) is 0 Å². The molecule has 1 aliphatic heterocycles. The minimum atomic E-state index is 0.341. The molecular formula is C25H36N2. The molecule has 0 saturated carbocycles. The summed E-state index contributed by atoms with van der Waals surface area (Å²) in [6.45, 7) is 3.78. The van der Waals surface area contributed by atoms with Crippen molar-refractivity contribution in [1.29, 1.82) is 0 Å². The SMILES string of the molecule is NC(CCCN1CCC(CCc2ccccc2)CC1)CCc1ccccc1. The van der Waals surface area contributed by atoms with Crippen molar-refractivity contribution in [2.75, 3.05) is 19.6 Å². The predicted molar refractivity (Wildman–Crippen MR) is 116 cm³/mol. The highest BCUT2D eigenvalue weighted by molar-refractivity contribution is 5.15. The van der Waals surface area contributed by atoms with Crippen LogP contribution >= 0.6 is 0 Å². The summed E-state index contributed by atoms with van der Waals surface area (Å²) in [5.74, 6) is 0.912. The van der Waals surface area contributed by atoms with Crippen molar-refractivity contribution in [3.05, 3.63) is 71.8 Å². The highest BCUT2D eigenvalue weighted by Crippen LogP contribution is 2.22. The predicted octanol–water partition coefficient (Wildman–Crippen LogP) is 5.07. The van der Waals surface area contributed by atoms with Crippen LogP contribution in [0.25, 0.3) is 0 Å². The fourth-order valence-electron chi connectivity index (χ4n) is 4.23. The first-order chi connectivity index (χ1) is 13.3. The molecule has 1 heterocycles. The quantitative estimate of drug-likeness (QED) is 0.637. The van der Waals surface area contributed by atoms with E-state index in [9.17, 15) is 0 Å². The average molecular weight is 365 g/mol. The first kappa shape index (κ1) is 20.1. The van der Waals surface area contributed by atoms with Crippen LogP contribution in [-0.4, -0.2) is 30.6 Å². The van der Waals surface area contributed by atoms with Crippen molar-refractivity contribution in [3.63, 3.8) is 0 Å². The highest BCUT2D eigenvalue weighted by atomic mass is 15.1. The number of aryl methyl sites for hydroxylation is 2. The maximum atomic E-state index is 6.34. The molecule has 2 N–H and O–H groups in total. The highest BCUT2D eigenvalue weighted by Gasteiger charge is 2.18. The zero-order valence-electron chi connectivity index (χ0n) is 16.7. The first-order valence-corrected chi connectivity index (χ1v) is 10.9. The summed E-state index contributed by atoms with van der Waals surface area (Å²) in [6, 6.07) is 22.0. The fraction of sp³-hybridized carbons (Fsp3) is 0.520. The molecule has 1 fully saturated rings. The second-order valence-electron chi connectivity index (χ2n) is 8.24. The molecule has 0 bridgehead atoms. The van der Waals surface area contributed by atoms with Crippen molar-refractivity contribution >= 4 is 0 Å². The number of hydrogen-bond donors (Lipinski definition) is 1. The van der Waals surface area contributed by atoms with Gasteiger partial charge >= 0.3 is 0 Å². The lowest BCUT2D eigenvalue weighted by molar-refractivity contribution is 0.175. The molecule has 0 amide bonds. The van der Waals surface area contributed by atoms with Crippen LogP contribution in [0.4, 0.5) is 0 Å². The zero-order valence-corrected chi connectivity index (χ0v) is 16.7. The number of piperidine rings is 1. The second kappa shape index (κ2) is 11.3. The van der Waals surface area contributed by atoms with Gasteiger partial charge in [0, 0.05) is 6.04 Å². The van der Waals surface area contributed by atoms with Crippen LogP contribution in [-0.2, 0) is 12.8 Å². The Morgan fingerprint density at radius 2 is 1.41 bits per heavy atom. The summed E-state index contributed by atoms with van der Waals surface area (Å²) >= 11 is 0. The van der Waals surface area contributed by atoms with Crippen LogP contribution in [0, 0.1) is 5.92 Å². The van der Waals surface area contributed by atoms with Crippen molar-refractivity contribution < 1.29 is 0 Å². The number of hydrogen-bond acceptors (Lipinski definition) is 2. The summed E-state index contributed by atoms with van der Waals surface area (Å²) in [7, 11) is 0. The average Bonchev–Trinajstić information content (AvgIpc) is 2.73. The molecule has 2 heteroatoms. The van der Waals surface area contributed by atoms with Gasteiger partial charge in [-0.15, -0.1) is 0 Å². The van der Waals surface area contributed by atoms with Crippen LogP contribution in [0.5, 0.6) is 0 Å². The lowest BCUT2D eigenvalue weighted by Gasteiger charge is -2.32. The van der Waals surface area contributed by atoms with Gasteiger partial charge < -0.3 is 10.6 Å². The third-order valence-corrected chi connectivity index (χ3v) is 6.09. The van der Waals surface area contributed by atoms with Gasteiger partial charge in [-0.2, -0.15) is 0 Å². The third kappa shape index (κ3) is 7.48. The van der Waals surface area contributed by atoms with E-state index in [2.05, 4.69) is 65.6 Å². The van der Waals surface area contributed by atoms with Crippen LogP contribution in [0.1, 0.15) is 49.7 Å². The largest absolute Gasteiger partial charge is 0.328 e. The van der Waals surface area contributed by atoms with Gasteiger partial charge in [0.2, 0.25) is 0 Å². The van der Waals surface area contributed by atoms with Gasteiger partial charge in [-0.25, -0.2) is 0 Å². The van der Waals surface area contributed by atoms with E-state index in [-0.39, 0.29) is 0 Å². The van der Waals surface area contributed by atoms with Crippen molar-refractivity contribution in [2.24, 2.45) is 11.7 Å². The van der Waals surface area contributed by atoms with Gasteiger partial charge in [0.25, 0.3) is 0 Å². The Kier molecular flexibility index (Phi) is 8.38. The fourth-order valence-corrected chi connectivity index (χ4v) is 4.23. The zero-order chi connectivity index (χ0) is 18.7. The lowest BCUT2D eigenvalue weighted by Crippen LogP contribution is -2.35. The standard InChI is InChI=1S/C25H36N2/c26-25(16-15-23-10-5-2-6-11-23)12-7-19-27-20-17-24(18-21-27)14-13-22-8-3-1-4-9-22/h1-6,8-11,24-25H,7,12-21,26H2. The molecule has 3 rings (SSSR count). The number of likely N-dealkylation sites (tertiary alicyclic amines) is 1. The molecule has 1 atom stereocenters. The van der Waals surface area contributed by atoms with Gasteiger partial charge in [-0.05, 0) is 88.0 Å². The Balaban J connectivity index is 1.24. The first-order valence-electron chi connectivity index (χ1n) is 10.9. The molecule has 0 spiro atoms. The van der Waals surface area contributed by atoms with Crippen LogP contribution in [0.15, 0.2) is 60.7 Å². The third-order valence-electron chi connectivity index (χ3n) is 6.09. The normalized spacial score (nSPS) is 17.1. The number of nitrogens with zero attached hydrogens (tertiary/aromatic N) is 1. The number of benzene rings is 2. The van der Waals surface area contributed by atoms with E-state index in [1.165, 1.54) is 62.9 Å². The van der Waals surface area contributed by atoms with Crippen LogP contribution in [0.3, 0.4) is 0 Å². The minimum absolute atomic E-state index is 0.341. The minimum Gasteiger partial charge on any atom is -0.328 e. The Bertz CT molecular complexity index is 617. The Labute approximate surface area is 165 Å². The smallest absolute Gasteiger partial charge is 0.00424 e. The molecule has 0 aromatic heterocycles. The maximum Gasteiger partial charge on any atom is 0.00424 e. The second-order valence-corrected chi connectivity index (χ2v) is 8.24. The summed E-state index contributed by atoms with van der Waals surface area (Å²) in [6.07, 6.45) is 9.93. The number of rotatable bonds is 10. The molecule has 1 saturated heterocycles. The van der Waals surface area contributed by atoms with E-state index in [1.807, 2.05) is 0 Å². The van der Waals surface area contributed by atoms with Crippen molar-refractivity contribution in [2.45, 2.75) is 57.4 Å². The molecule has 0 aliphatic carbocycles. The summed E-state index contributed by atoms with van der Waals surface area (Å²) in [5.41, 5.74) is 9.23. The van der Waals surface area contributed by atoms with Crippen molar-refractivity contribution in [3.8, 4) is 0 Å². The Morgan fingerprint density at radius 3 is 2.04 bits per heavy atom. The van der Waals surface area contributed by atoms with E-state index in [0.29, 0.717) is 6.04 Å². The summed E-state index contributed by atoms with van der Waals surface area (Å²) in [4.78, 5) is 2.66. The maximum absolute atomic E-state index is 6.34. The topological polar surface area (TPSA) is 29.3 Å². The monoisotopic (exact) mass is 364 g/mol. The molecule has 146 valence electrons. The van der Waals surface area contributed by atoms with E-state index in [0.717, 1.165) is 25.2 Å². The Hall–Kier alpha value is -1.64.